The molecule has 1 heterocycles. The number of nitrogens with zero attached hydrogens (tertiary/aromatic N) is 3. The molecule has 1 aromatic heterocycles. The fourth-order valence-corrected chi connectivity index (χ4v) is 2.35. The molecule has 0 aliphatic carbocycles. The van der Waals surface area contributed by atoms with Crippen molar-refractivity contribution in [2.45, 2.75) is 0 Å². The summed E-state index contributed by atoms with van der Waals surface area (Å²) in [5.41, 5.74) is 3.86. The predicted octanol–water partition coefficient (Wildman–Crippen LogP) is 2.86. The van der Waals surface area contributed by atoms with E-state index in [0.29, 0.717) is 11.4 Å². The number of nitro benzene ring substituents is 1. The Balaban J connectivity index is 1.74. The third-order valence-electron chi connectivity index (χ3n) is 3.63. The Labute approximate surface area is 148 Å². The number of phenols is 1. The first-order chi connectivity index (χ1) is 12.6. The molecule has 26 heavy (non-hydrogen) atoms. The van der Waals surface area contributed by atoms with E-state index in [1.165, 1.54) is 30.5 Å². The number of carbonyl (C=O) groups is 1. The molecule has 8 nitrogen and oxygen atoms in total. The van der Waals surface area contributed by atoms with E-state index in [4.69, 9.17) is 0 Å². The van der Waals surface area contributed by atoms with Gasteiger partial charge < -0.3 is 9.67 Å². The van der Waals surface area contributed by atoms with Crippen LogP contribution in [0.25, 0.3) is 5.69 Å². The summed E-state index contributed by atoms with van der Waals surface area (Å²) >= 11 is 0. The lowest BCUT2D eigenvalue weighted by molar-refractivity contribution is -0.384. The summed E-state index contributed by atoms with van der Waals surface area (Å²) in [5, 5.41) is 24.3. The molecule has 0 spiro atoms. The number of non-ortho nitro benzene ring substituents is 1. The monoisotopic (exact) mass is 350 g/mol. The minimum Gasteiger partial charge on any atom is -0.507 e. The van der Waals surface area contributed by atoms with Crippen molar-refractivity contribution in [1.29, 1.82) is 0 Å². The molecule has 0 radical (unpaired) electrons. The zero-order valence-corrected chi connectivity index (χ0v) is 13.4. The number of rotatable bonds is 5. The van der Waals surface area contributed by atoms with Crippen molar-refractivity contribution in [3.05, 3.63) is 88.2 Å². The van der Waals surface area contributed by atoms with Gasteiger partial charge in [0.25, 0.3) is 11.6 Å². The molecule has 8 heteroatoms. The molecular formula is C18H14N4O4. The first-order valence-electron chi connectivity index (χ1n) is 7.60. The predicted molar refractivity (Wildman–Crippen MR) is 95.6 cm³/mol. The fourth-order valence-electron chi connectivity index (χ4n) is 2.35. The molecule has 0 unspecified atom stereocenters. The molecule has 0 saturated heterocycles. The Kier molecular flexibility index (Phi) is 4.75. The highest BCUT2D eigenvalue weighted by molar-refractivity contribution is 5.97. The highest BCUT2D eigenvalue weighted by Gasteiger charge is 2.09. The lowest BCUT2D eigenvalue weighted by Crippen LogP contribution is -2.17. The summed E-state index contributed by atoms with van der Waals surface area (Å²) < 4.78 is 1.76. The van der Waals surface area contributed by atoms with E-state index in [1.54, 1.807) is 47.2 Å². The molecule has 0 aliphatic rings. The van der Waals surface area contributed by atoms with Crippen LogP contribution in [0.4, 0.5) is 5.69 Å². The van der Waals surface area contributed by atoms with Gasteiger partial charge in [-0.3, -0.25) is 14.9 Å². The lowest BCUT2D eigenvalue weighted by Gasteiger charge is -2.06. The highest BCUT2D eigenvalue weighted by Crippen LogP contribution is 2.17. The Morgan fingerprint density at radius 2 is 1.85 bits per heavy atom. The number of benzene rings is 2. The number of nitrogens with one attached hydrogen (secondary N) is 1. The lowest BCUT2D eigenvalue weighted by atomic mass is 10.2. The number of hydrogen-bond acceptors (Lipinski definition) is 5. The molecule has 3 aromatic rings. The first-order valence-corrected chi connectivity index (χ1v) is 7.60. The second-order valence-corrected chi connectivity index (χ2v) is 5.29. The van der Waals surface area contributed by atoms with Gasteiger partial charge in [0.05, 0.1) is 22.4 Å². The number of nitro groups is 1. The molecule has 3 rings (SSSR count). The second kappa shape index (κ2) is 7.31. The van der Waals surface area contributed by atoms with Crippen molar-refractivity contribution in [3.8, 4) is 11.4 Å². The van der Waals surface area contributed by atoms with Gasteiger partial charge in [-0.2, -0.15) is 5.10 Å². The van der Waals surface area contributed by atoms with Crippen LogP contribution in [0.2, 0.25) is 0 Å². The van der Waals surface area contributed by atoms with E-state index in [2.05, 4.69) is 10.5 Å². The van der Waals surface area contributed by atoms with Crippen LogP contribution >= 0.6 is 0 Å². The van der Waals surface area contributed by atoms with Crippen LogP contribution in [0.15, 0.2) is 72.0 Å². The van der Waals surface area contributed by atoms with Gasteiger partial charge in [0, 0.05) is 24.0 Å². The average Bonchev–Trinajstić information content (AvgIpc) is 3.10. The van der Waals surface area contributed by atoms with Crippen LogP contribution in [0, 0.1) is 10.1 Å². The number of hydrazone groups is 1. The quantitative estimate of drug-likeness (QED) is 0.419. The van der Waals surface area contributed by atoms with Crippen molar-refractivity contribution >= 4 is 17.8 Å². The minimum atomic E-state index is -0.534. The van der Waals surface area contributed by atoms with E-state index in [-0.39, 0.29) is 17.0 Å². The number of carbonyl (C=O) groups excluding carboxylic acids is 1. The number of phenolic OH excluding ortho intramolecular Hbond substituents is 1. The van der Waals surface area contributed by atoms with Crippen LogP contribution in [-0.4, -0.2) is 26.7 Å². The largest absolute Gasteiger partial charge is 0.507 e. The molecule has 0 atom stereocenters. The van der Waals surface area contributed by atoms with E-state index < -0.39 is 10.8 Å². The van der Waals surface area contributed by atoms with Crippen LogP contribution in [-0.2, 0) is 0 Å². The first kappa shape index (κ1) is 16.9. The summed E-state index contributed by atoms with van der Waals surface area (Å²) in [6, 6.07) is 15.8. The normalized spacial score (nSPS) is 10.8. The maximum atomic E-state index is 12.0. The number of amides is 1. The van der Waals surface area contributed by atoms with Crippen LogP contribution in [0.1, 0.15) is 16.1 Å². The third-order valence-corrected chi connectivity index (χ3v) is 3.63. The van der Waals surface area contributed by atoms with Crippen molar-refractivity contribution in [2.24, 2.45) is 5.10 Å². The van der Waals surface area contributed by atoms with Gasteiger partial charge in [0.2, 0.25) is 0 Å². The Bertz CT molecular complexity index is 977. The number of aromatic nitrogens is 1. The summed E-state index contributed by atoms with van der Waals surface area (Å²) in [7, 11) is 0. The summed E-state index contributed by atoms with van der Waals surface area (Å²) in [4.78, 5) is 22.3. The zero-order chi connectivity index (χ0) is 18.5. The van der Waals surface area contributed by atoms with Crippen LogP contribution < -0.4 is 5.43 Å². The molecule has 0 fully saturated rings. The smallest absolute Gasteiger partial charge is 0.275 e. The van der Waals surface area contributed by atoms with Crippen LogP contribution in [0.5, 0.6) is 5.75 Å². The Morgan fingerprint density at radius 3 is 2.54 bits per heavy atom. The number of hydrogen-bond donors (Lipinski definition) is 2. The molecular weight excluding hydrogens is 336 g/mol. The van der Waals surface area contributed by atoms with Crippen molar-refractivity contribution < 1.29 is 14.8 Å². The summed E-state index contributed by atoms with van der Waals surface area (Å²) in [6.45, 7) is 0. The van der Waals surface area contributed by atoms with Crippen molar-refractivity contribution in [3.63, 3.8) is 0 Å². The molecule has 2 aromatic carbocycles. The zero-order valence-electron chi connectivity index (χ0n) is 13.4. The van der Waals surface area contributed by atoms with E-state index in [9.17, 15) is 20.0 Å². The maximum absolute atomic E-state index is 12.0. The van der Waals surface area contributed by atoms with Gasteiger partial charge in [0.15, 0.2) is 0 Å². The van der Waals surface area contributed by atoms with E-state index in [0.717, 1.165) is 0 Å². The number of aromatic hydroxyl groups is 1. The van der Waals surface area contributed by atoms with Gasteiger partial charge in [-0.05, 0) is 36.4 Å². The molecule has 2 N–H and O–H groups in total. The topological polar surface area (TPSA) is 110 Å². The van der Waals surface area contributed by atoms with Gasteiger partial charge in [-0.15, -0.1) is 0 Å². The Hall–Kier alpha value is -3.94. The Morgan fingerprint density at radius 1 is 1.12 bits per heavy atom. The van der Waals surface area contributed by atoms with E-state index in [1.807, 2.05) is 0 Å². The van der Waals surface area contributed by atoms with Gasteiger partial charge in [0.1, 0.15) is 5.75 Å². The van der Waals surface area contributed by atoms with Crippen molar-refractivity contribution in [2.75, 3.05) is 0 Å². The second-order valence-electron chi connectivity index (χ2n) is 5.29. The summed E-state index contributed by atoms with van der Waals surface area (Å²) in [6.07, 6.45) is 3.21. The molecule has 130 valence electrons. The molecule has 0 aliphatic heterocycles. The molecule has 0 bridgehead atoms. The summed E-state index contributed by atoms with van der Waals surface area (Å²) in [5.74, 6) is -0.665. The highest BCUT2D eigenvalue weighted by atomic mass is 16.6. The average molecular weight is 350 g/mol. The third kappa shape index (κ3) is 3.59. The maximum Gasteiger partial charge on any atom is 0.275 e. The fraction of sp³-hybridized carbons (Fsp3) is 0. The standard InChI is InChI=1S/C18H14N4O4/c23-17-6-2-1-5-16(17)18(24)20-19-12-15-4-3-11-21(15)13-7-9-14(10-8-13)22(25)26/h1-12,23H,(H,20,24)/b19-12+. The van der Waals surface area contributed by atoms with Gasteiger partial charge in [-0.25, -0.2) is 5.43 Å². The minimum absolute atomic E-state index is 0.00561. The molecule has 0 saturated carbocycles. The number of para-hydroxylation sites is 1. The van der Waals surface area contributed by atoms with Crippen LogP contribution in [0.3, 0.4) is 0 Å². The molecule has 1 amide bonds. The van der Waals surface area contributed by atoms with Crippen molar-refractivity contribution in [1.82, 2.24) is 9.99 Å². The van der Waals surface area contributed by atoms with Gasteiger partial charge in [-0.1, -0.05) is 12.1 Å². The SMILES string of the molecule is O=C(N/N=C/c1cccn1-c1ccc([N+](=O)[O-])cc1)c1ccccc1O. The van der Waals surface area contributed by atoms with Gasteiger partial charge >= 0.3 is 0 Å². The van der Waals surface area contributed by atoms with E-state index >= 15 is 0 Å².